The highest BCUT2D eigenvalue weighted by Gasteiger charge is 2.16. The van der Waals surface area contributed by atoms with Crippen molar-refractivity contribution in [1.82, 2.24) is 24.3 Å². The second-order valence-corrected chi connectivity index (χ2v) is 7.58. The minimum atomic E-state index is 0.622. The van der Waals surface area contributed by atoms with Crippen LogP contribution >= 0.6 is 0 Å². The molecular weight excluding hydrogens is 376 g/mol. The zero-order chi connectivity index (χ0) is 20.3. The molecule has 0 bridgehead atoms. The van der Waals surface area contributed by atoms with Crippen molar-refractivity contribution in [3.05, 3.63) is 83.5 Å². The lowest BCUT2D eigenvalue weighted by Gasteiger charge is -2.28. The highest BCUT2D eigenvalue weighted by Crippen LogP contribution is 2.19. The van der Waals surface area contributed by atoms with Crippen molar-refractivity contribution in [3.63, 3.8) is 0 Å². The van der Waals surface area contributed by atoms with Crippen LogP contribution in [0.3, 0.4) is 0 Å². The molecule has 0 atom stereocenters. The third kappa shape index (κ3) is 4.02. The lowest BCUT2D eigenvalue weighted by atomic mass is 10.1. The molecule has 0 N–H and O–H groups in total. The molecule has 0 aliphatic carbocycles. The quantitative estimate of drug-likeness (QED) is 0.513. The van der Waals surface area contributed by atoms with Crippen LogP contribution in [0.4, 0.5) is 5.82 Å². The Labute approximate surface area is 175 Å². The summed E-state index contributed by atoms with van der Waals surface area (Å²) in [5, 5.41) is 0. The molecule has 1 aliphatic rings. The number of fused-ring (bicyclic) bond motifs is 1. The first kappa shape index (κ1) is 18.7. The number of aromatic nitrogens is 5. The van der Waals surface area contributed by atoms with Crippen LogP contribution in [0.2, 0.25) is 0 Å². The standard InChI is InChI=1S/C23H24N6O/c1-17-3-2-5-24-20(17)16-21-26-19(15-23(27-21)29-9-11-30-12-10-29)13-18-4-7-28-8-6-25-22(28)14-18/h2-8,14-15H,9-13,16H2,1H3. The topological polar surface area (TPSA) is 68.4 Å². The number of aryl methyl sites for hydroxylation is 1. The van der Waals surface area contributed by atoms with Gasteiger partial charge >= 0.3 is 0 Å². The number of ether oxygens (including phenoxy) is 1. The van der Waals surface area contributed by atoms with E-state index in [0.717, 1.165) is 67.0 Å². The van der Waals surface area contributed by atoms with Crippen LogP contribution in [0.15, 0.2) is 55.1 Å². The first-order chi connectivity index (χ1) is 14.7. The highest BCUT2D eigenvalue weighted by molar-refractivity contribution is 5.45. The van der Waals surface area contributed by atoms with Gasteiger partial charge in [0.15, 0.2) is 0 Å². The van der Waals surface area contributed by atoms with Gasteiger partial charge in [-0.25, -0.2) is 15.0 Å². The van der Waals surface area contributed by atoms with E-state index >= 15 is 0 Å². The van der Waals surface area contributed by atoms with E-state index in [1.807, 2.05) is 35.3 Å². The molecule has 0 amide bonds. The van der Waals surface area contributed by atoms with E-state index in [4.69, 9.17) is 14.7 Å². The molecule has 4 aromatic heterocycles. The first-order valence-electron chi connectivity index (χ1n) is 10.3. The Kier molecular flexibility index (Phi) is 5.11. The van der Waals surface area contributed by atoms with E-state index in [1.54, 1.807) is 0 Å². The molecule has 0 spiro atoms. The van der Waals surface area contributed by atoms with E-state index in [1.165, 1.54) is 5.56 Å². The fraction of sp³-hybridized carbons (Fsp3) is 0.304. The first-order valence-corrected chi connectivity index (χ1v) is 10.3. The summed E-state index contributed by atoms with van der Waals surface area (Å²) in [5.74, 6) is 1.77. The van der Waals surface area contributed by atoms with Crippen molar-refractivity contribution in [2.45, 2.75) is 19.8 Å². The number of rotatable bonds is 5. The number of morpholine rings is 1. The normalized spacial score (nSPS) is 14.4. The van der Waals surface area contributed by atoms with Gasteiger partial charge in [0.25, 0.3) is 0 Å². The monoisotopic (exact) mass is 400 g/mol. The molecule has 0 saturated carbocycles. The summed E-state index contributed by atoms with van der Waals surface area (Å²) in [5.41, 5.74) is 5.30. The lowest BCUT2D eigenvalue weighted by molar-refractivity contribution is 0.122. The van der Waals surface area contributed by atoms with Gasteiger partial charge in [0, 0.05) is 50.4 Å². The zero-order valence-corrected chi connectivity index (χ0v) is 17.0. The minimum absolute atomic E-state index is 0.622. The highest BCUT2D eigenvalue weighted by atomic mass is 16.5. The van der Waals surface area contributed by atoms with E-state index in [-0.39, 0.29) is 0 Å². The molecule has 7 nitrogen and oxygen atoms in total. The van der Waals surface area contributed by atoms with Crippen LogP contribution in [0, 0.1) is 6.92 Å². The van der Waals surface area contributed by atoms with Gasteiger partial charge in [0.05, 0.1) is 31.0 Å². The molecule has 1 aliphatic heterocycles. The maximum atomic E-state index is 5.52. The Morgan fingerprint density at radius 1 is 0.967 bits per heavy atom. The van der Waals surface area contributed by atoms with Gasteiger partial charge in [-0.3, -0.25) is 4.98 Å². The molecule has 5 heterocycles. The van der Waals surface area contributed by atoms with Crippen molar-refractivity contribution in [1.29, 1.82) is 0 Å². The summed E-state index contributed by atoms with van der Waals surface area (Å²) < 4.78 is 7.53. The molecule has 1 fully saturated rings. The molecule has 30 heavy (non-hydrogen) atoms. The van der Waals surface area contributed by atoms with Crippen molar-refractivity contribution in [2.24, 2.45) is 0 Å². The maximum absolute atomic E-state index is 5.52. The second-order valence-electron chi connectivity index (χ2n) is 7.58. The van der Waals surface area contributed by atoms with Gasteiger partial charge < -0.3 is 14.0 Å². The number of imidazole rings is 1. The molecule has 0 unspecified atom stereocenters. The molecule has 152 valence electrons. The van der Waals surface area contributed by atoms with Crippen molar-refractivity contribution in [3.8, 4) is 0 Å². The Morgan fingerprint density at radius 3 is 2.73 bits per heavy atom. The number of hydrogen-bond acceptors (Lipinski definition) is 6. The Bertz CT molecular complexity index is 1170. The third-order valence-electron chi connectivity index (χ3n) is 5.44. The summed E-state index contributed by atoms with van der Waals surface area (Å²) in [6.07, 6.45) is 8.99. The number of hydrogen-bond donors (Lipinski definition) is 0. The van der Waals surface area contributed by atoms with Crippen LogP contribution in [0.1, 0.15) is 28.3 Å². The summed E-state index contributed by atoms with van der Waals surface area (Å²) in [4.78, 5) is 21.0. The largest absolute Gasteiger partial charge is 0.378 e. The summed E-state index contributed by atoms with van der Waals surface area (Å²) >= 11 is 0. The van der Waals surface area contributed by atoms with Crippen LogP contribution in [-0.4, -0.2) is 50.6 Å². The maximum Gasteiger partial charge on any atom is 0.136 e. The fourth-order valence-electron chi connectivity index (χ4n) is 3.79. The summed E-state index contributed by atoms with van der Waals surface area (Å²) in [6, 6.07) is 10.4. The molecule has 5 rings (SSSR count). The summed E-state index contributed by atoms with van der Waals surface area (Å²) in [7, 11) is 0. The average Bonchev–Trinajstić information content (AvgIpc) is 3.24. The van der Waals surface area contributed by atoms with Crippen molar-refractivity contribution >= 4 is 11.5 Å². The molecule has 0 aromatic carbocycles. The van der Waals surface area contributed by atoms with E-state index in [0.29, 0.717) is 6.42 Å². The molecule has 0 radical (unpaired) electrons. The van der Waals surface area contributed by atoms with Crippen molar-refractivity contribution < 1.29 is 4.74 Å². The van der Waals surface area contributed by atoms with Crippen LogP contribution in [0.25, 0.3) is 5.65 Å². The fourth-order valence-corrected chi connectivity index (χ4v) is 3.79. The Hall–Kier alpha value is -3.32. The molecular formula is C23H24N6O. The van der Waals surface area contributed by atoms with Gasteiger partial charge in [-0.2, -0.15) is 0 Å². The lowest BCUT2D eigenvalue weighted by Crippen LogP contribution is -2.37. The van der Waals surface area contributed by atoms with Gasteiger partial charge in [-0.15, -0.1) is 0 Å². The van der Waals surface area contributed by atoms with Crippen molar-refractivity contribution in [2.75, 3.05) is 31.2 Å². The van der Waals surface area contributed by atoms with Crippen LogP contribution < -0.4 is 4.90 Å². The molecule has 7 heteroatoms. The van der Waals surface area contributed by atoms with E-state index in [2.05, 4.69) is 46.1 Å². The van der Waals surface area contributed by atoms with E-state index < -0.39 is 0 Å². The zero-order valence-electron chi connectivity index (χ0n) is 17.0. The number of pyridine rings is 2. The summed E-state index contributed by atoms with van der Waals surface area (Å²) in [6.45, 7) is 5.22. The third-order valence-corrected chi connectivity index (χ3v) is 5.44. The van der Waals surface area contributed by atoms with Gasteiger partial charge in [-0.05, 0) is 36.2 Å². The molecule has 4 aromatic rings. The second kappa shape index (κ2) is 8.20. The van der Waals surface area contributed by atoms with Gasteiger partial charge in [-0.1, -0.05) is 6.07 Å². The molecule has 1 saturated heterocycles. The van der Waals surface area contributed by atoms with Gasteiger partial charge in [0.1, 0.15) is 17.3 Å². The van der Waals surface area contributed by atoms with E-state index in [9.17, 15) is 0 Å². The number of anilines is 1. The van der Waals surface area contributed by atoms with Gasteiger partial charge in [0.2, 0.25) is 0 Å². The Balaban J connectivity index is 1.48. The SMILES string of the molecule is Cc1cccnc1Cc1nc(Cc2ccn3ccnc3c2)cc(N2CCOCC2)n1. The average molecular weight is 400 g/mol. The Morgan fingerprint density at radius 2 is 1.87 bits per heavy atom. The van der Waals surface area contributed by atoms with Crippen LogP contribution in [-0.2, 0) is 17.6 Å². The predicted molar refractivity (Wildman–Crippen MR) is 115 cm³/mol. The predicted octanol–water partition coefficient (Wildman–Crippen LogP) is 2.85. The smallest absolute Gasteiger partial charge is 0.136 e. The van der Waals surface area contributed by atoms with Crippen LogP contribution in [0.5, 0.6) is 0 Å². The minimum Gasteiger partial charge on any atom is -0.378 e. The number of nitrogens with zero attached hydrogens (tertiary/aromatic N) is 6.